The first-order chi connectivity index (χ1) is 10.6. The number of carbonyl (C=O) groups is 2. The van der Waals surface area contributed by atoms with Crippen molar-refractivity contribution in [2.45, 2.75) is 44.2 Å². The molecule has 1 heterocycles. The van der Waals surface area contributed by atoms with Crippen molar-refractivity contribution in [2.75, 3.05) is 6.54 Å². The Kier molecular flexibility index (Phi) is 3.96. The molecule has 0 atom stereocenters. The first kappa shape index (κ1) is 14.8. The Morgan fingerprint density at radius 2 is 1.77 bits per heavy atom. The summed E-state index contributed by atoms with van der Waals surface area (Å²) >= 11 is 0. The van der Waals surface area contributed by atoms with Gasteiger partial charge in [0.2, 0.25) is 0 Å². The fourth-order valence-electron chi connectivity index (χ4n) is 3.45. The predicted octanol–water partition coefficient (Wildman–Crippen LogP) is 2.45. The summed E-state index contributed by atoms with van der Waals surface area (Å²) in [6.07, 6.45) is 5.70. The molecule has 116 valence electrons. The highest BCUT2D eigenvalue weighted by atomic mass is 16.4. The van der Waals surface area contributed by atoms with Gasteiger partial charge in [0.05, 0.1) is 0 Å². The summed E-state index contributed by atoms with van der Waals surface area (Å²) in [6, 6.07) is 9.33. The predicted molar refractivity (Wildman–Crippen MR) is 82.8 cm³/mol. The molecule has 3 rings (SSSR count). The van der Waals surface area contributed by atoms with E-state index < -0.39 is 11.6 Å². The smallest absolute Gasteiger partial charge is 0.323 e. The molecule has 1 fully saturated rings. The molecule has 1 aromatic rings. The number of carboxylic acids is 1. The molecule has 0 saturated heterocycles. The summed E-state index contributed by atoms with van der Waals surface area (Å²) in [5, 5.41) is 9.19. The number of hydrogen-bond donors (Lipinski definition) is 1. The van der Waals surface area contributed by atoms with Gasteiger partial charge < -0.3 is 10.0 Å². The molecule has 5 heteroatoms. The summed E-state index contributed by atoms with van der Waals surface area (Å²) in [7, 11) is 0. The maximum Gasteiger partial charge on any atom is 0.323 e. The Balaban J connectivity index is 2.01. The fourth-order valence-corrected chi connectivity index (χ4v) is 3.45. The van der Waals surface area contributed by atoms with Crippen LogP contribution in [0.2, 0.25) is 0 Å². The van der Waals surface area contributed by atoms with Crippen LogP contribution in [0.5, 0.6) is 0 Å². The number of rotatable bonds is 3. The van der Waals surface area contributed by atoms with Gasteiger partial charge in [-0.1, -0.05) is 43.2 Å². The van der Waals surface area contributed by atoms with Gasteiger partial charge in [-0.2, -0.15) is 0 Å². The number of amides is 1. The topological polar surface area (TPSA) is 70.0 Å². The molecule has 0 radical (unpaired) electrons. The first-order valence-corrected chi connectivity index (χ1v) is 7.81. The van der Waals surface area contributed by atoms with Crippen molar-refractivity contribution >= 4 is 17.6 Å². The largest absolute Gasteiger partial charge is 0.480 e. The molecule has 2 aliphatic rings. The molecule has 0 aromatic heterocycles. The second kappa shape index (κ2) is 5.91. The summed E-state index contributed by atoms with van der Waals surface area (Å²) < 4.78 is 0. The molecule has 1 aliphatic carbocycles. The Labute approximate surface area is 129 Å². The zero-order valence-corrected chi connectivity index (χ0v) is 12.5. The molecule has 5 nitrogen and oxygen atoms in total. The summed E-state index contributed by atoms with van der Waals surface area (Å²) in [6.45, 7) is -0.279. The summed E-state index contributed by atoms with van der Waals surface area (Å²) in [5.74, 6) is -1.24. The first-order valence-electron chi connectivity index (χ1n) is 7.81. The standard InChI is InChI=1S/C17H20N2O3/c20-14(21)12-19-16(22)15(13-8-4-3-5-9-13)18-17(19)10-6-1-2-7-11-17/h3-5,8-9H,1-2,6-7,10-12H2,(H,20,21). The Morgan fingerprint density at radius 3 is 2.36 bits per heavy atom. The molecule has 1 spiro atoms. The average molecular weight is 300 g/mol. The van der Waals surface area contributed by atoms with Gasteiger partial charge in [-0.15, -0.1) is 0 Å². The lowest BCUT2D eigenvalue weighted by atomic mass is 10.00. The van der Waals surface area contributed by atoms with E-state index in [1.54, 1.807) is 0 Å². The molecular formula is C17H20N2O3. The van der Waals surface area contributed by atoms with E-state index in [2.05, 4.69) is 0 Å². The van der Waals surface area contributed by atoms with Crippen LogP contribution in [-0.2, 0) is 9.59 Å². The third kappa shape index (κ3) is 2.63. The van der Waals surface area contributed by atoms with E-state index in [0.29, 0.717) is 5.71 Å². The van der Waals surface area contributed by atoms with Crippen LogP contribution in [-0.4, -0.2) is 39.8 Å². The summed E-state index contributed by atoms with van der Waals surface area (Å²) in [4.78, 5) is 30.2. The third-order valence-corrected chi connectivity index (χ3v) is 4.51. The maximum atomic E-state index is 12.8. The summed E-state index contributed by atoms with van der Waals surface area (Å²) in [5.41, 5.74) is 0.518. The molecule has 1 aliphatic heterocycles. The normalized spacial score (nSPS) is 20.8. The maximum absolute atomic E-state index is 12.8. The van der Waals surface area contributed by atoms with E-state index in [4.69, 9.17) is 4.99 Å². The van der Waals surface area contributed by atoms with Crippen LogP contribution < -0.4 is 0 Å². The number of aliphatic imine (C=N–C) groups is 1. The van der Waals surface area contributed by atoms with Crippen molar-refractivity contribution in [1.29, 1.82) is 0 Å². The lowest BCUT2D eigenvalue weighted by Crippen LogP contribution is -2.49. The Morgan fingerprint density at radius 1 is 1.14 bits per heavy atom. The van der Waals surface area contributed by atoms with Gasteiger partial charge in [0, 0.05) is 5.56 Å². The molecule has 1 amide bonds. The fraction of sp³-hybridized carbons (Fsp3) is 0.471. The molecule has 1 saturated carbocycles. The number of carbonyl (C=O) groups excluding carboxylic acids is 1. The number of nitrogens with zero attached hydrogens (tertiary/aromatic N) is 2. The average Bonchev–Trinajstić information content (AvgIpc) is 2.69. The molecule has 22 heavy (non-hydrogen) atoms. The van der Waals surface area contributed by atoms with E-state index in [1.165, 1.54) is 4.90 Å². The van der Waals surface area contributed by atoms with Gasteiger partial charge in [0.15, 0.2) is 0 Å². The lowest BCUT2D eigenvalue weighted by molar-refractivity contribution is -0.145. The van der Waals surface area contributed by atoms with Gasteiger partial charge in [-0.3, -0.25) is 14.6 Å². The minimum atomic E-state index is -0.985. The van der Waals surface area contributed by atoms with Crippen LogP contribution in [0.25, 0.3) is 0 Å². The van der Waals surface area contributed by atoms with Gasteiger partial charge in [0.25, 0.3) is 5.91 Å². The van der Waals surface area contributed by atoms with E-state index in [9.17, 15) is 14.7 Å². The number of carboxylic acid groups (broad SMARTS) is 1. The van der Waals surface area contributed by atoms with Crippen LogP contribution in [0.1, 0.15) is 44.1 Å². The highest BCUT2D eigenvalue weighted by Gasteiger charge is 2.47. The third-order valence-electron chi connectivity index (χ3n) is 4.51. The van der Waals surface area contributed by atoms with E-state index >= 15 is 0 Å². The number of benzene rings is 1. The number of aliphatic carboxylic acids is 1. The molecule has 0 unspecified atom stereocenters. The van der Waals surface area contributed by atoms with Crippen molar-refractivity contribution in [1.82, 2.24) is 4.90 Å². The van der Waals surface area contributed by atoms with Gasteiger partial charge >= 0.3 is 5.97 Å². The van der Waals surface area contributed by atoms with Crippen LogP contribution in [0.15, 0.2) is 35.3 Å². The quantitative estimate of drug-likeness (QED) is 0.932. The van der Waals surface area contributed by atoms with E-state index in [0.717, 1.165) is 44.1 Å². The van der Waals surface area contributed by atoms with Crippen molar-refractivity contribution in [3.05, 3.63) is 35.9 Å². The molecule has 0 bridgehead atoms. The SMILES string of the molecule is O=C(O)CN1C(=O)C(c2ccccc2)=NC12CCCCCC2. The molecular weight excluding hydrogens is 280 g/mol. The minimum Gasteiger partial charge on any atom is -0.480 e. The van der Waals surface area contributed by atoms with Crippen molar-refractivity contribution in [3.8, 4) is 0 Å². The van der Waals surface area contributed by atoms with E-state index in [1.807, 2.05) is 30.3 Å². The Bertz CT molecular complexity index is 602. The van der Waals surface area contributed by atoms with Crippen LogP contribution >= 0.6 is 0 Å². The lowest BCUT2D eigenvalue weighted by Gasteiger charge is -2.34. The van der Waals surface area contributed by atoms with Gasteiger partial charge in [-0.25, -0.2) is 0 Å². The molecule has 1 N–H and O–H groups in total. The monoisotopic (exact) mass is 300 g/mol. The molecule has 1 aromatic carbocycles. The highest BCUT2D eigenvalue weighted by molar-refractivity contribution is 6.46. The van der Waals surface area contributed by atoms with Crippen LogP contribution in [0, 0.1) is 0 Å². The van der Waals surface area contributed by atoms with Crippen molar-refractivity contribution in [3.63, 3.8) is 0 Å². The second-order valence-corrected chi connectivity index (χ2v) is 6.01. The zero-order chi connectivity index (χ0) is 15.6. The van der Waals surface area contributed by atoms with Crippen molar-refractivity contribution in [2.24, 2.45) is 4.99 Å². The zero-order valence-electron chi connectivity index (χ0n) is 12.5. The Hall–Kier alpha value is -2.17. The van der Waals surface area contributed by atoms with Crippen molar-refractivity contribution < 1.29 is 14.7 Å². The van der Waals surface area contributed by atoms with E-state index in [-0.39, 0.29) is 12.5 Å². The minimum absolute atomic E-state index is 0.254. The second-order valence-electron chi connectivity index (χ2n) is 6.01. The van der Waals surface area contributed by atoms with Crippen LogP contribution in [0.4, 0.5) is 0 Å². The van der Waals surface area contributed by atoms with Gasteiger partial charge in [0.1, 0.15) is 17.9 Å². The van der Waals surface area contributed by atoms with Gasteiger partial charge in [-0.05, 0) is 25.7 Å². The van der Waals surface area contributed by atoms with Crippen LogP contribution in [0.3, 0.4) is 0 Å². The highest BCUT2D eigenvalue weighted by Crippen LogP contribution is 2.38. The number of hydrogen-bond acceptors (Lipinski definition) is 3.